The smallest absolute Gasteiger partial charge is 0.269 e. The van der Waals surface area contributed by atoms with Crippen LogP contribution in [0.4, 0.5) is 0 Å². The first-order valence-corrected chi connectivity index (χ1v) is 6.14. The molecule has 0 bridgehead atoms. The van der Waals surface area contributed by atoms with Gasteiger partial charge in [0.1, 0.15) is 5.69 Å². The standard InChI is InChI=1S/C11H16BrN3O/c1-2-5-13-6-7-14-11(16)10-4-3-9(12)8-15-10/h3-4,8,13H,2,5-7H2,1H3,(H,14,16). The van der Waals surface area contributed by atoms with E-state index in [0.717, 1.165) is 24.0 Å². The molecule has 1 amide bonds. The van der Waals surface area contributed by atoms with Crippen molar-refractivity contribution in [2.75, 3.05) is 19.6 Å². The van der Waals surface area contributed by atoms with E-state index in [4.69, 9.17) is 0 Å². The maximum Gasteiger partial charge on any atom is 0.269 e. The topological polar surface area (TPSA) is 54.0 Å². The lowest BCUT2D eigenvalue weighted by Crippen LogP contribution is -2.32. The van der Waals surface area contributed by atoms with E-state index in [1.165, 1.54) is 0 Å². The van der Waals surface area contributed by atoms with Gasteiger partial charge in [0.2, 0.25) is 0 Å². The quantitative estimate of drug-likeness (QED) is 0.781. The third-order valence-electron chi connectivity index (χ3n) is 1.97. The van der Waals surface area contributed by atoms with Crippen molar-refractivity contribution in [1.82, 2.24) is 15.6 Å². The van der Waals surface area contributed by atoms with Gasteiger partial charge in [-0.2, -0.15) is 0 Å². The number of pyridine rings is 1. The molecule has 0 radical (unpaired) electrons. The van der Waals surface area contributed by atoms with E-state index in [1.54, 1.807) is 18.3 Å². The van der Waals surface area contributed by atoms with Crippen LogP contribution in [0.5, 0.6) is 0 Å². The summed E-state index contributed by atoms with van der Waals surface area (Å²) in [5, 5.41) is 6.01. The number of aromatic nitrogens is 1. The van der Waals surface area contributed by atoms with E-state index in [-0.39, 0.29) is 5.91 Å². The van der Waals surface area contributed by atoms with Crippen molar-refractivity contribution in [1.29, 1.82) is 0 Å². The monoisotopic (exact) mass is 285 g/mol. The normalized spacial score (nSPS) is 10.1. The summed E-state index contributed by atoms with van der Waals surface area (Å²) in [6.45, 7) is 4.50. The zero-order valence-corrected chi connectivity index (χ0v) is 10.9. The van der Waals surface area contributed by atoms with Crippen LogP contribution in [0.2, 0.25) is 0 Å². The number of carbonyl (C=O) groups is 1. The molecule has 0 atom stereocenters. The van der Waals surface area contributed by atoms with Crippen molar-refractivity contribution in [3.8, 4) is 0 Å². The van der Waals surface area contributed by atoms with Gasteiger partial charge in [-0.05, 0) is 41.0 Å². The minimum atomic E-state index is -0.134. The largest absolute Gasteiger partial charge is 0.349 e. The predicted octanol–water partition coefficient (Wildman–Crippen LogP) is 1.57. The number of nitrogens with one attached hydrogen (secondary N) is 2. The van der Waals surface area contributed by atoms with Crippen LogP contribution < -0.4 is 10.6 Å². The number of hydrogen-bond acceptors (Lipinski definition) is 3. The van der Waals surface area contributed by atoms with E-state index in [1.807, 2.05) is 0 Å². The molecular formula is C11H16BrN3O. The van der Waals surface area contributed by atoms with Gasteiger partial charge in [-0.1, -0.05) is 6.92 Å². The summed E-state index contributed by atoms with van der Waals surface area (Å²) >= 11 is 3.27. The zero-order valence-electron chi connectivity index (χ0n) is 9.29. The molecule has 2 N–H and O–H groups in total. The molecule has 16 heavy (non-hydrogen) atoms. The Morgan fingerprint density at radius 2 is 2.19 bits per heavy atom. The van der Waals surface area contributed by atoms with Crippen LogP contribution >= 0.6 is 15.9 Å². The van der Waals surface area contributed by atoms with E-state index in [2.05, 4.69) is 38.5 Å². The van der Waals surface area contributed by atoms with E-state index >= 15 is 0 Å². The predicted molar refractivity (Wildman–Crippen MR) is 67.4 cm³/mol. The molecule has 4 nitrogen and oxygen atoms in total. The molecule has 1 aromatic heterocycles. The Morgan fingerprint density at radius 3 is 2.81 bits per heavy atom. The fourth-order valence-electron chi connectivity index (χ4n) is 1.17. The molecule has 0 aliphatic rings. The number of hydrogen-bond donors (Lipinski definition) is 2. The molecule has 0 saturated carbocycles. The molecule has 1 heterocycles. The second kappa shape index (κ2) is 7.35. The summed E-state index contributed by atoms with van der Waals surface area (Å²) < 4.78 is 0.869. The summed E-state index contributed by atoms with van der Waals surface area (Å²) in [5.74, 6) is -0.134. The van der Waals surface area contributed by atoms with Gasteiger partial charge in [0.05, 0.1) is 0 Å². The Balaban J connectivity index is 2.27. The number of halogens is 1. The molecule has 1 aromatic rings. The van der Waals surface area contributed by atoms with Gasteiger partial charge in [0, 0.05) is 23.8 Å². The van der Waals surface area contributed by atoms with Crippen molar-refractivity contribution in [3.63, 3.8) is 0 Å². The van der Waals surface area contributed by atoms with Gasteiger partial charge in [-0.25, -0.2) is 4.98 Å². The number of rotatable bonds is 6. The van der Waals surface area contributed by atoms with Gasteiger partial charge < -0.3 is 10.6 Å². The summed E-state index contributed by atoms with van der Waals surface area (Å²) in [4.78, 5) is 15.6. The van der Waals surface area contributed by atoms with Gasteiger partial charge in [0.15, 0.2) is 0 Å². The Hall–Kier alpha value is -0.940. The fraction of sp³-hybridized carbons (Fsp3) is 0.455. The Morgan fingerprint density at radius 1 is 1.38 bits per heavy atom. The summed E-state index contributed by atoms with van der Waals surface area (Å²) in [7, 11) is 0. The van der Waals surface area contributed by atoms with Gasteiger partial charge in [-0.3, -0.25) is 4.79 Å². The van der Waals surface area contributed by atoms with Crippen molar-refractivity contribution in [2.45, 2.75) is 13.3 Å². The molecule has 0 aromatic carbocycles. The fourth-order valence-corrected chi connectivity index (χ4v) is 1.40. The second-order valence-electron chi connectivity index (χ2n) is 3.37. The second-order valence-corrected chi connectivity index (χ2v) is 4.28. The minimum absolute atomic E-state index is 0.134. The first kappa shape index (κ1) is 13.1. The van der Waals surface area contributed by atoms with Crippen molar-refractivity contribution in [3.05, 3.63) is 28.5 Å². The molecule has 0 aliphatic heterocycles. The third kappa shape index (κ3) is 4.72. The summed E-state index contributed by atoms with van der Waals surface area (Å²) in [5.41, 5.74) is 0.443. The van der Waals surface area contributed by atoms with Gasteiger partial charge in [0.25, 0.3) is 5.91 Å². The van der Waals surface area contributed by atoms with Crippen LogP contribution in [0.15, 0.2) is 22.8 Å². The molecular weight excluding hydrogens is 270 g/mol. The van der Waals surface area contributed by atoms with E-state index < -0.39 is 0 Å². The molecule has 0 spiro atoms. The molecule has 0 unspecified atom stereocenters. The lowest BCUT2D eigenvalue weighted by Gasteiger charge is -2.05. The highest BCUT2D eigenvalue weighted by atomic mass is 79.9. The lowest BCUT2D eigenvalue weighted by atomic mass is 10.3. The maximum absolute atomic E-state index is 11.6. The van der Waals surface area contributed by atoms with Crippen LogP contribution in [-0.4, -0.2) is 30.5 Å². The first-order chi connectivity index (χ1) is 7.74. The van der Waals surface area contributed by atoms with E-state index in [0.29, 0.717) is 12.2 Å². The SMILES string of the molecule is CCCNCCNC(=O)c1ccc(Br)cn1. The summed E-state index contributed by atoms with van der Waals surface area (Å²) in [6.07, 6.45) is 2.71. The Kier molecular flexibility index (Phi) is 6.03. The Bertz CT molecular complexity index is 327. The Labute approximate surface area is 104 Å². The number of carbonyl (C=O) groups excluding carboxylic acids is 1. The van der Waals surface area contributed by atoms with Gasteiger partial charge >= 0.3 is 0 Å². The molecule has 0 fully saturated rings. The molecule has 88 valence electrons. The lowest BCUT2D eigenvalue weighted by molar-refractivity contribution is 0.0949. The van der Waals surface area contributed by atoms with Crippen LogP contribution in [0.3, 0.4) is 0 Å². The van der Waals surface area contributed by atoms with Crippen LogP contribution in [-0.2, 0) is 0 Å². The van der Waals surface area contributed by atoms with Crippen molar-refractivity contribution in [2.24, 2.45) is 0 Å². The zero-order chi connectivity index (χ0) is 11.8. The first-order valence-electron chi connectivity index (χ1n) is 5.34. The van der Waals surface area contributed by atoms with Crippen molar-refractivity contribution < 1.29 is 4.79 Å². The average Bonchev–Trinajstić information content (AvgIpc) is 2.29. The highest BCUT2D eigenvalue weighted by Crippen LogP contribution is 2.06. The van der Waals surface area contributed by atoms with Crippen LogP contribution in [0.25, 0.3) is 0 Å². The van der Waals surface area contributed by atoms with Gasteiger partial charge in [-0.15, -0.1) is 0 Å². The number of nitrogens with zero attached hydrogens (tertiary/aromatic N) is 1. The molecule has 5 heteroatoms. The van der Waals surface area contributed by atoms with Crippen LogP contribution in [0, 0.1) is 0 Å². The molecule has 0 saturated heterocycles. The minimum Gasteiger partial charge on any atom is -0.349 e. The highest BCUT2D eigenvalue weighted by molar-refractivity contribution is 9.10. The highest BCUT2D eigenvalue weighted by Gasteiger charge is 2.04. The molecule has 1 rings (SSSR count). The third-order valence-corrected chi connectivity index (χ3v) is 2.44. The maximum atomic E-state index is 11.6. The van der Waals surface area contributed by atoms with Crippen LogP contribution in [0.1, 0.15) is 23.8 Å². The van der Waals surface area contributed by atoms with Crippen molar-refractivity contribution >= 4 is 21.8 Å². The molecule has 0 aliphatic carbocycles. The number of amides is 1. The average molecular weight is 286 g/mol. The summed E-state index contributed by atoms with van der Waals surface area (Å²) in [6, 6.07) is 3.50. The van der Waals surface area contributed by atoms with E-state index in [9.17, 15) is 4.79 Å².